The maximum Gasteiger partial charge on any atom is 0.0949 e. The first-order valence-electron chi connectivity index (χ1n) is 6.23. The Kier molecular flexibility index (Phi) is 3.09. The molecule has 0 radical (unpaired) electrons. The van der Waals surface area contributed by atoms with Gasteiger partial charge in [-0.25, -0.2) is 0 Å². The number of rotatable bonds is 2. The van der Waals surface area contributed by atoms with Gasteiger partial charge in [-0.15, -0.1) is 0 Å². The standard InChI is InChI=1S/C15H16N2O/c16-9-15-14-4-3-11(8-12(14)5-7-18-15)13-2-1-6-17-10-13/h1-4,6,8,10,15H,5,7,9,16H2/t15-/m0/s1. The lowest BCUT2D eigenvalue weighted by molar-refractivity contribution is 0.0485. The van der Waals surface area contributed by atoms with E-state index in [9.17, 15) is 0 Å². The van der Waals surface area contributed by atoms with Crippen LogP contribution < -0.4 is 5.73 Å². The van der Waals surface area contributed by atoms with E-state index in [0.29, 0.717) is 6.54 Å². The van der Waals surface area contributed by atoms with Gasteiger partial charge >= 0.3 is 0 Å². The van der Waals surface area contributed by atoms with Crippen LogP contribution in [0.2, 0.25) is 0 Å². The van der Waals surface area contributed by atoms with Gasteiger partial charge in [0.1, 0.15) is 0 Å². The summed E-state index contributed by atoms with van der Waals surface area (Å²) in [7, 11) is 0. The summed E-state index contributed by atoms with van der Waals surface area (Å²) in [5.74, 6) is 0. The zero-order valence-electron chi connectivity index (χ0n) is 10.2. The van der Waals surface area contributed by atoms with Crippen molar-refractivity contribution in [1.82, 2.24) is 4.98 Å². The number of nitrogens with two attached hydrogens (primary N) is 1. The van der Waals surface area contributed by atoms with E-state index in [2.05, 4.69) is 29.2 Å². The molecule has 1 aromatic heterocycles. The molecule has 92 valence electrons. The fourth-order valence-corrected chi connectivity index (χ4v) is 2.45. The van der Waals surface area contributed by atoms with Crippen LogP contribution in [0.15, 0.2) is 42.7 Å². The number of pyridine rings is 1. The molecule has 0 saturated carbocycles. The average molecular weight is 240 g/mol. The zero-order chi connectivity index (χ0) is 12.4. The first-order valence-corrected chi connectivity index (χ1v) is 6.23. The molecule has 3 heteroatoms. The van der Waals surface area contributed by atoms with E-state index in [-0.39, 0.29) is 6.10 Å². The van der Waals surface area contributed by atoms with Gasteiger partial charge < -0.3 is 10.5 Å². The lowest BCUT2D eigenvalue weighted by atomic mass is 9.93. The van der Waals surface area contributed by atoms with Crippen LogP contribution in [0.5, 0.6) is 0 Å². The van der Waals surface area contributed by atoms with E-state index in [4.69, 9.17) is 10.5 Å². The molecule has 0 bridgehead atoms. The fourth-order valence-electron chi connectivity index (χ4n) is 2.45. The Labute approximate surface area is 107 Å². The summed E-state index contributed by atoms with van der Waals surface area (Å²) in [4.78, 5) is 4.16. The van der Waals surface area contributed by atoms with E-state index >= 15 is 0 Å². The highest BCUT2D eigenvalue weighted by atomic mass is 16.5. The third-order valence-electron chi connectivity index (χ3n) is 3.39. The number of hydrogen-bond acceptors (Lipinski definition) is 3. The van der Waals surface area contributed by atoms with E-state index < -0.39 is 0 Å². The lowest BCUT2D eigenvalue weighted by Gasteiger charge is -2.25. The minimum absolute atomic E-state index is 0.0525. The van der Waals surface area contributed by atoms with Gasteiger partial charge in [0.05, 0.1) is 12.7 Å². The quantitative estimate of drug-likeness (QED) is 0.876. The Bertz CT molecular complexity index is 539. The van der Waals surface area contributed by atoms with Gasteiger partial charge in [-0.3, -0.25) is 4.98 Å². The van der Waals surface area contributed by atoms with Gasteiger partial charge in [-0.1, -0.05) is 24.3 Å². The maximum absolute atomic E-state index is 5.73. The molecule has 18 heavy (non-hydrogen) atoms. The zero-order valence-corrected chi connectivity index (χ0v) is 10.2. The summed E-state index contributed by atoms with van der Waals surface area (Å²) in [5, 5.41) is 0. The molecule has 0 aliphatic carbocycles. The van der Waals surface area contributed by atoms with Crippen LogP contribution >= 0.6 is 0 Å². The van der Waals surface area contributed by atoms with Gasteiger partial charge in [0, 0.05) is 18.9 Å². The van der Waals surface area contributed by atoms with Crippen molar-refractivity contribution in [1.29, 1.82) is 0 Å². The molecule has 0 fully saturated rings. The summed E-state index contributed by atoms with van der Waals surface area (Å²) < 4.78 is 5.66. The number of fused-ring (bicyclic) bond motifs is 1. The minimum Gasteiger partial charge on any atom is -0.372 e. The van der Waals surface area contributed by atoms with E-state index in [0.717, 1.165) is 18.6 Å². The number of nitrogens with zero attached hydrogens (tertiary/aromatic N) is 1. The smallest absolute Gasteiger partial charge is 0.0949 e. The Hall–Kier alpha value is -1.71. The van der Waals surface area contributed by atoms with Gasteiger partial charge in [0.25, 0.3) is 0 Å². The number of aromatic nitrogens is 1. The molecule has 1 aliphatic heterocycles. The van der Waals surface area contributed by atoms with Crippen molar-refractivity contribution < 1.29 is 4.74 Å². The van der Waals surface area contributed by atoms with Crippen LogP contribution in [0.3, 0.4) is 0 Å². The second-order valence-electron chi connectivity index (χ2n) is 4.50. The molecular weight excluding hydrogens is 224 g/mol. The van der Waals surface area contributed by atoms with Crippen LogP contribution in [0.4, 0.5) is 0 Å². The van der Waals surface area contributed by atoms with Crippen molar-refractivity contribution in [3.05, 3.63) is 53.9 Å². The predicted octanol–water partition coefficient (Wildman–Crippen LogP) is 2.32. The van der Waals surface area contributed by atoms with Crippen LogP contribution in [0, 0.1) is 0 Å². The molecule has 0 unspecified atom stereocenters. The minimum atomic E-state index is 0.0525. The monoisotopic (exact) mass is 240 g/mol. The largest absolute Gasteiger partial charge is 0.372 e. The maximum atomic E-state index is 5.73. The van der Waals surface area contributed by atoms with Crippen molar-refractivity contribution in [2.75, 3.05) is 13.2 Å². The third kappa shape index (κ3) is 2.03. The van der Waals surface area contributed by atoms with Gasteiger partial charge in [-0.2, -0.15) is 0 Å². The highest BCUT2D eigenvalue weighted by Gasteiger charge is 2.19. The Balaban J connectivity index is 2.01. The highest BCUT2D eigenvalue weighted by molar-refractivity contribution is 5.64. The molecule has 1 atom stereocenters. The lowest BCUT2D eigenvalue weighted by Crippen LogP contribution is -2.22. The summed E-state index contributed by atoms with van der Waals surface area (Å²) >= 11 is 0. The third-order valence-corrected chi connectivity index (χ3v) is 3.39. The highest BCUT2D eigenvalue weighted by Crippen LogP contribution is 2.30. The normalized spacial score (nSPS) is 18.4. The first-order chi connectivity index (χ1) is 8.88. The SMILES string of the molecule is NC[C@@H]1OCCc2cc(-c3cccnc3)ccc21. The van der Waals surface area contributed by atoms with Crippen molar-refractivity contribution >= 4 is 0 Å². The summed E-state index contributed by atoms with van der Waals surface area (Å²) in [6.45, 7) is 1.30. The number of benzene rings is 1. The first kappa shape index (κ1) is 11.4. The summed E-state index contributed by atoms with van der Waals surface area (Å²) in [6.07, 6.45) is 4.69. The second-order valence-corrected chi connectivity index (χ2v) is 4.50. The molecule has 1 aromatic carbocycles. The molecule has 2 aromatic rings. The average Bonchev–Trinajstić information content (AvgIpc) is 2.47. The predicted molar refractivity (Wildman–Crippen MR) is 71.1 cm³/mol. The van der Waals surface area contributed by atoms with Gasteiger partial charge in [-0.05, 0) is 34.7 Å². The summed E-state index contributed by atoms with van der Waals surface area (Å²) in [6, 6.07) is 10.5. The molecule has 3 nitrogen and oxygen atoms in total. The number of ether oxygens (including phenoxy) is 1. The molecule has 3 rings (SSSR count). The summed E-state index contributed by atoms with van der Waals surface area (Å²) in [5.41, 5.74) is 10.7. The second kappa shape index (κ2) is 4.88. The van der Waals surface area contributed by atoms with E-state index in [1.807, 2.05) is 12.3 Å². The van der Waals surface area contributed by atoms with Crippen molar-refractivity contribution in [2.24, 2.45) is 5.73 Å². The van der Waals surface area contributed by atoms with Gasteiger partial charge in [0.15, 0.2) is 0 Å². The Morgan fingerprint density at radius 3 is 3.00 bits per heavy atom. The van der Waals surface area contributed by atoms with Crippen molar-refractivity contribution in [3.63, 3.8) is 0 Å². The van der Waals surface area contributed by atoms with Crippen LogP contribution in [0.1, 0.15) is 17.2 Å². The molecular formula is C15H16N2O. The molecule has 0 saturated heterocycles. The van der Waals surface area contributed by atoms with Gasteiger partial charge in [0.2, 0.25) is 0 Å². The van der Waals surface area contributed by atoms with Crippen LogP contribution in [-0.2, 0) is 11.2 Å². The van der Waals surface area contributed by atoms with E-state index in [1.54, 1.807) is 6.20 Å². The van der Waals surface area contributed by atoms with Crippen molar-refractivity contribution in [2.45, 2.75) is 12.5 Å². The molecule has 2 N–H and O–H groups in total. The number of hydrogen-bond donors (Lipinski definition) is 1. The Morgan fingerprint density at radius 1 is 1.28 bits per heavy atom. The topological polar surface area (TPSA) is 48.1 Å². The molecule has 0 spiro atoms. The molecule has 0 amide bonds. The van der Waals surface area contributed by atoms with E-state index in [1.165, 1.54) is 16.7 Å². The van der Waals surface area contributed by atoms with Crippen LogP contribution in [0.25, 0.3) is 11.1 Å². The fraction of sp³-hybridized carbons (Fsp3) is 0.267. The Morgan fingerprint density at radius 2 is 2.22 bits per heavy atom. The molecule has 1 aliphatic rings. The van der Waals surface area contributed by atoms with Crippen LogP contribution in [-0.4, -0.2) is 18.1 Å². The molecule has 2 heterocycles. The van der Waals surface area contributed by atoms with Crippen molar-refractivity contribution in [3.8, 4) is 11.1 Å².